The van der Waals surface area contributed by atoms with Crippen molar-refractivity contribution in [3.63, 3.8) is 0 Å². The van der Waals surface area contributed by atoms with Crippen LogP contribution < -0.4 is 11.1 Å². The molecule has 0 aliphatic rings. The van der Waals surface area contributed by atoms with Crippen molar-refractivity contribution >= 4 is 17.7 Å². The molecule has 3 N–H and O–H groups in total. The van der Waals surface area contributed by atoms with Crippen LogP contribution in [0.15, 0.2) is 0 Å². The largest absolute Gasteiger partial charge is 0.441 e. The molecule has 0 aliphatic heterocycles. The van der Waals surface area contributed by atoms with E-state index in [-0.39, 0.29) is 0 Å². The van der Waals surface area contributed by atoms with Gasteiger partial charge in [0.15, 0.2) is 5.54 Å². The maximum Gasteiger partial charge on any atom is 0.441 e. The molecule has 0 aromatic heterocycles. The summed E-state index contributed by atoms with van der Waals surface area (Å²) >= 11 is -0.443. The molecule has 0 saturated heterocycles. The molecule has 0 fully saturated rings. The second-order valence-electron chi connectivity index (χ2n) is 3.25. The molecule has 0 aromatic rings. The fraction of sp³-hybridized carbons (Fsp3) is 0.857. The predicted octanol–water partition coefficient (Wildman–Crippen LogP) is 1.64. The number of hydrogen-bond donors (Lipinski definition) is 2. The summed E-state index contributed by atoms with van der Waals surface area (Å²) in [6, 6.07) is 0. The summed E-state index contributed by atoms with van der Waals surface area (Å²) in [7, 11) is 0. The smallest absolute Gasteiger partial charge is 0.353 e. The molecule has 0 radical (unpaired) electrons. The highest BCUT2D eigenvalue weighted by molar-refractivity contribution is 8.00. The van der Waals surface area contributed by atoms with Gasteiger partial charge in [0.1, 0.15) is 0 Å². The first-order chi connectivity index (χ1) is 7.38. The Hall–Kier alpha value is -0.640. The van der Waals surface area contributed by atoms with Crippen LogP contribution in [0.3, 0.4) is 0 Å². The minimum absolute atomic E-state index is 0.443. The Morgan fingerprint density at radius 2 is 1.71 bits per heavy atom. The Morgan fingerprint density at radius 3 is 2.06 bits per heavy atom. The summed E-state index contributed by atoms with van der Waals surface area (Å²) in [6.07, 6.45) is -4.96. The van der Waals surface area contributed by atoms with Gasteiger partial charge in [-0.3, -0.25) is 4.79 Å². The van der Waals surface area contributed by atoms with E-state index in [4.69, 9.17) is 5.73 Å². The van der Waals surface area contributed by atoms with Gasteiger partial charge in [-0.15, -0.1) is 0 Å². The summed E-state index contributed by atoms with van der Waals surface area (Å²) in [5, 5.41) is 1.70. The molecule has 10 heteroatoms. The molecular weight excluding hydrogens is 274 g/mol. The maximum atomic E-state index is 12.2. The van der Waals surface area contributed by atoms with E-state index in [0.29, 0.717) is 6.92 Å². The van der Waals surface area contributed by atoms with Gasteiger partial charge in [-0.05, 0) is 18.7 Å². The van der Waals surface area contributed by atoms with Crippen molar-refractivity contribution in [2.45, 2.75) is 24.1 Å². The van der Waals surface area contributed by atoms with Crippen LogP contribution in [0.25, 0.3) is 0 Å². The molecule has 17 heavy (non-hydrogen) atoms. The highest BCUT2D eigenvalue weighted by atomic mass is 32.2. The van der Waals surface area contributed by atoms with E-state index >= 15 is 0 Å². The van der Waals surface area contributed by atoms with Gasteiger partial charge in [-0.25, -0.2) is 0 Å². The predicted molar refractivity (Wildman–Crippen MR) is 50.2 cm³/mol. The third kappa shape index (κ3) is 5.48. The fourth-order valence-corrected chi connectivity index (χ4v) is 1.08. The number of halogens is 6. The molecule has 1 unspecified atom stereocenters. The molecular formula is C7H10F6N2OS. The molecule has 1 atom stereocenters. The first-order valence-electron chi connectivity index (χ1n) is 4.22. The lowest BCUT2D eigenvalue weighted by Gasteiger charge is -2.26. The number of amides is 1. The SMILES string of the molecule is CC(N)(C(=O)NCCSC(F)(F)F)C(F)(F)F. The van der Waals surface area contributed by atoms with Crippen LogP contribution in [-0.2, 0) is 4.79 Å². The average Bonchev–Trinajstić information content (AvgIpc) is 2.08. The third-order valence-corrected chi connectivity index (χ3v) is 2.45. The molecule has 0 saturated carbocycles. The first-order valence-corrected chi connectivity index (χ1v) is 5.21. The van der Waals surface area contributed by atoms with Crippen molar-refractivity contribution < 1.29 is 31.1 Å². The van der Waals surface area contributed by atoms with E-state index in [1.807, 2.05) is 0 Å². The Balaban J connectivity index is 4.12. The number of rotatable bonds is 4. The van der Waals surface area contributed by atoms with E-state index in [1.165, 1.54) is 0 Å². The summed E-state index contributed by atoms with van der Waals surface area (Å²) in [6.45, 7) is -0.106. The lowest BCUT2D eigenvalue weighted by Crippen LogP contribution is -2.61. The minimum Gasteiger partial charge on any atom is -0.353 e. The number of hydrogen-bond acceptors (Lipinski definition) is 3. The zero-order valence-corrected chi connectivity index (χ0v) is 9.39. The zero-order chi connectivity index (χ0) is 13.9. The average molecular weight is 284 g/mol. The van der Waals surface area contributed by atoms with Crippen LogP contribution in [0.5, 0.6) is 0 Å². The Labute approximate surface area is 97.1 Å². The van der Waals surface area contributed by atoms with E-state index in [1.54, 1.807) is 5.32 Å². The number of thioether (sulfide) groups is 1. The molecule has 102 valence electrons. The summed E-state index contributed by atoms with van der Waals surface area (Å²) in [4.78, 5) is 11.0. The van der Waals surface area contributed by atoms with Crippen LogP contribution >= 0.6 is 11.8 Å². The highest BCUT2D eigenvalue weighted by Gasteiger charge is 2.53. The summed E-state index contributed by atoms with van der Waals surface area (Å²) in [5.74, 6) is -2.14. The van der Waals surface area contributed by atoms with Gasteiger partial charge in [0, 0.05) is 12.3 Å². The lowest BCUT2D eigenvalue weighted by molar-refractivity contribution is -0.187. The van der Waals surface area contributed by atoms with Gasteiger partial charge in [-0.1, -0.05) is 0 Å². The quantitative estimate of drug-likeness (QED) is 0.609. The fourth-order valence-electron chi connectivity index (χ4n) is 0.644. The second kappa shape index (κ2) is 5.34. The van der Waals surface area contributed by atoms with E-state index in [9.17, 15) is 31.1 Å². The van der Waals surface area contributed by atoms with E-state index < -0.39 is 47.2 Å². The van der Waals surface area contributed by atoms with Crippen molar-refractivity contribution in [1.29, 1.82) is 0 Å². The molecule has 0 spiro atoms. The van der Waals surface area contributed by atoms with Crippen molar-refractivity contribution in [3.8, 4) is 0 Å². The van der Waals surface area contributed by atoms with Gasteiger partial charge in [0.05, 0.1) is 0 Å². The van der Waals surface area contributed by atoms with Gasteiger partial charge in [0.25, 0.3) is 0 Å². The van der Waals surface area contributed by atoms with Gasteiger partial charge >= 0.3 is 11.7 Å². The number of nitrogens with two attached hydrogens (primary N) is 1. The van der Waals surface area contributed by atoms with Crippen molar-refractivity contribution in [2.75, 3.05) is 12.3 Å². The number of carbonyl (C=O) groups excluding carboxylic acids is 1. The van der Waals surface area contributed by atoms with Crippen molar-refractivity contribution in [2.24, 2.45) is 5.73 Å². The van der Waals surface area contributed by atoms with Gasteiger partial charge in [-0.2, -0.15) is 26.3 Å². The summed E-state index contributed by atoms with van der Waals surface area (Å²) < 4.78 is 71.6. The van der Waals surface area contributed by atoms with Gasteiger partial charge in [0.2, 0.25) is 5.91 Å². The van der Waals surface area contributed by atoms with Crippen LogP contribution in [0.4, 0.5) is 26.3 Å². The molecule has 0 rings (SSSR count). The molecule has 0 aliphatic carbocycles. The van der Waals surface area contributed by atoms with E-state index in [2.05, 4.69) is 0 Å². The molecule has 0 aromatic carbocycles. The third-order valence-electron chi connectivity index (χ3n) is 1.71. The number of nitrogens with one attached hydrogen (secondary N) is 1. The Kier molecular flexibility index (Phi) is 5.14. The van der Waals surface area contributed by atoms with Crippen molar-refractivity contribution in [1.82, 2.24) is 5.32 Å². The Morgan fingerprint density at radius 1 is 1.24 bits per heavy atom. The maximum absolute atomic E-state index is 12.2. The first kappa shape index (κ1) is 16.4. The summed E-state index contributed by atoms with van der Waals surface area (Å²) in [5.41, 5.74) is -2.86. The number of alkyl halides is 6. The molecule has 1 amide bonds. The van der Waals surface area contributed by atoms with Gasteiger partial charge < -0.3 is 11.1 Å². The van der Waals surface area contributed by atoms with Crippen LogP contribution in [-0.4, -0.2) is 35.4 Å². The normalized spacial score (nSPS) is 16.5. The van der Waals surface area contributed by atoms with Crippen molar-refractivity contribution in [3.05, 3.63) is 0 Å². The molecule has 0 bridgehead atoms. The topological polar surface area (TPSA) is 55.1 Å². The Bertz CT molecular complexity index is 275. The van der Waals surface area contributed by atoms with Crippen LogP contribution in [0.2, 0.25) is 0 Å². The lowest BCUT2D eigenvalue weighted by atomic mass is 10.0. The van der Waals surface area contributed by atoms with E-state index in [0.717, 1.165) is 0 Å². The minimum atomic E-state index is -4.96. The highest BCUT2D eigenvalue weighted by Crippen LogP contribution is 2.30. The van der Waals surface area contributed by atoms with Crippen LogP contribution in [0.1, 0.15) is 6.92 Å². The standard InChI is InChI=1S/C7H10F6N2OS/c1-5(14,6(8,9)10)4(16)15-2-3-17-7(11,12)13/h2-3,14H2,1H3,(H,15,16). The monoisotopic (exact) mass is 284 g/mol. The number of carbonyl (C=O) groups is 1. The zero-order valence-electron chi connectivity index (χ0n) is 8.58. The molecule has 0 heterocycles. The second-order valence-corrected chi connectivity index (χ2v) is 4.41. The molecule has 3 nitrogen and oxygen atoms in total. The van der Waals surface area contributed by atoms with Crippen LogP contribution in [0, 0.1) is 0 Å².